The number of hydrogen-bond donors (Lipinski definition) is 2. The fourth-order valence-electron chi connectivity index (χ4n) is 7.53. The predicted octanol–water partition coefficient (Wildman–Crippen LogP) is 5.83. The Kier molecular flexibility index (Phi) is 11.4. The second-order valence-electron chi connectivity index (χ2n) is 14.5. The molecule has 11 heteroatoms. The number of benzene rings is 1. The van der Waals surface area contributed by atoms with Gasteiger partial charge in [-0.2, -0.15) is 0 Å². The minimum Gasteiger partial charge on any atom is -0.368 e. The average Bonchev–Trinajstić information content (AvgIpc) is 2.98. The van der Waals surface area contributed by atoms with Gasteiger partial charge in [0.25, 0.3) is 0 Å². The quantitative estimate of drug-likeness (QED) is 0.388. The van der Waals surface area contributed by atoms with Gasteiger partial charge in [0.05, 0.1) is 17.6 Å². The summed E-state index contributed by atoms with van der Waals surface area (Å²) in [5.74, 6) is 0.254. The summed E-state index contributed by atoms with van der Waals surface area (Å²) in [5, 5.41) is 6.74. The largest absolute Gasteiger partial charge is 0.368 e. The molecule has 5 unspecified atom stereocenters. The van der Waals surface area contributed by atoms with Crippen LogP contribution in [0.25, 0.3) is 0 Å². The summed E-state index contributed by atoms with van der Waals surface area (Å²) in [7, 11) is -2.15. The van der Waals surface area contributed by atoms with Gasteiger partial charge in [0.2, 0.25) is 10.0 Å². The van der Waals surface area contributed by atoms with E-state index in [0.29, 0.717) is 32.4 Å². The first kappa shape index (κ1) is 34.9. The topological polar surface area (TPSA) is 96.0 Å². The zero-order chi connectivity index (χ0) is 32.4. The normalized spacial score (nSPS) is 30.2. The third-order valence-corrected chi connectivity index (χ3v) is 12.3. The van der Waals surface area contributed by atoms with Crippen LogP contribution in [-0.2, 0) is 26.0 Å². The summed E-state index contributed by atoms with van der Waals surface area (Å²) < 4.78 is 43.8. The van der Waals surface area contributed by atoms with Crippen molar-refractivity contribution in [1.29, 1.82) is 0 Å². The molecule has 3 fully saturated rings. The molecule has 2 saturated heterocycles. The Balaban J connectivity index is 1.55. The van der Waals surface area contributed by atoms with Crippen molar-refractivity contribution in [3.05, 3.63) is 63.4 Å². The minimum atomic E-state index is -3.71. The van der Waals surface area contributed by atoms with Crippen LogP contribution < -0.4 is 10.6 Å². The van der Waals surface area contributed by atoms with E-state index in [1.807, 2.05) is 12.3 Å². The van der Waals surface area contributed by atoms with Gasteiger partial charge in [-0.15, -0.1) is 4.31 Å². The zero-order valence-electron chi connectivity index (χ0n) is 27.8. The van der Waals surface area contributed by atoms with E-state index >= 15 is 0 Å². The minimum absolute atomic E-state index is 0.0334. The summed E-state index contributed by atoms with van der Waals surface area (Å²) in [6.07, 6.45) is 5.64. The maximum atomic E-state index is 14.5. The molecule has 1 aliphatic carbocycles. The molecule has 5 rings (SSSR count). The van der Waals surface area contributed by atoms with E-state index in [9.17, 15) is 8.42 Å². The average molecular weight is 707 g/mol. The van der Waals surface area contributed by atoms with Gasteiger partial charge in [0.1, 0.15) is 19.2 Å². The molecule has 1 saturated carbocycles. The maximum absolute atomic E-state index is 14.5. The number of aryl methyl sites for hydroxylation is 2. The molecule has 6 atom stereocenters. The van der Waals surface area contributed by atoms with Crippen LogP contribution in [0.15, 0.2) is 41.0 Å². The third kappa shape index (κ3) is 8.73. The van der Waals surface area contributed by atoms with Gasteiger partial charge in [-0.3, -0.25) is 20.5 Å². The number of fused-ring (bicyclic) bond motifs is 4. The second kappa shape index (κ2) is 14.8. The number of sulfonamides is 1. The van der Waals surface area contributed by atoms with Crippen LogP contribution in [0.5, 0.6) is 0 Å². The van der Waals surface area contributed by atoms with Gasteiger partial charge in [0.15, 0.2) is 0 Å². The molecule has 250 valence electrons. The number of halogens is 1. The van der Waals surface area contributed by atoms with Crippen molar-refractivity contribution in [2.24, 2.45) is 11.3 Å². The standard InChI is InChI=1S/C34H52BrN5O4S/c1-23-9-7-10-24(2)32(23)30-16-31-38-33(37-30)40(22-43-6)45(41,42)29-12-8-11-25(15-29)19-39(20-27-14-13-26(35)18-36-27)28(21-44-31)17-34(3,4)5/h7,9-10,13-14,18,25,28-31,33,37-38H,8,11-12,15-17,19-22H2,1-6H3/t25?,28-,29?,30?,31?,33?/m1/s1. The highest BCUT2D eigenvalue weighted by Crippen LogP contribution is 2.36. The van der Waals surface area contributed by atoms with Gasteiger partial charge in [-0.25, -0.2) is 8.42 Å². The van der Waals surface area contributed by atoms with Crippen molar-refractivity contribution in [1.82, 2.24) is 24.8 Å². The van der Waals surface area contributed by atoms with Crippen molar-refractivity contribution < 1.29 is 17.9 Å². The first-order chi connectivity index (χ1) is 21.3. The molecule has 9 nitrogen and oxygen atoms in total. The Hall–Kier alpha value is -1.44. The molecule has 1 aromatic heterocycles. The molecule has 3 heterocycles. The number of rotatable bonds is 6. The number of nitrogens with zero attached hydrogens (tertiary/aromatic N) is 3. The van der Waals surface area contributed by atoms with E-state index in [0.717, 1.165) is 36.0 Å². The summed E-state index contributed by atoms with van der Waals surface area (Å²) in [6.45, 7) is 13.1. The predicted molar refractivity (Wildman–Crippen MR) is 182 cm³/mol. The molecule has 45 heavy (non-hydrogen) atoms. The Morgan fingerprint density at radius 1 is 1.09 bits per heavy atom. The molecule has 3 aliphatic rings. The van der Waals surface area contributed by atoms with Gasteiger partial charge in [-0.1, -0.05) is 45.4 Å². The zero-order valence-corrected chi connectivity index (χ0v) is 30.2. The van der Waals surface area contributed by atoms with E-state index in [-0.39, 0.29) is 36.4 Å². The molecular formula is C34H52BrN5O4S. The molecule has 1 aromatic carbocycles. The molecule has 0 radical (unpaired) electrons. The van der Waals surface area contributed by atoms with Gasteiger partial charge in [-0.05, 0) is 95.6 Å². The number of nitrogens with one attached hydrogen (secondary N) is 2. The van der Waals surface area contributed by atoms with E-state index in [1.165, 1.54) is 21.0 Å². The van der Waals surface area contributed by atoms with E-state index in [4.69, 9.17) is 14.5 Å². The highest BCUT2D eigenvalue weighted by Gasteiger charge is 2.44. The molecule has 2 aromatic rings. The number of aromatic nitrogens is 1. The van der Waals surface area contributed by atoms with Crippen LogP contribution in [0.1, 0.15) is 87.7 Å². The fourth-order valence-corrected chi connectivity index (χ4v) is 9.79. The summed E-state index contributed by atoms with van der Waals surface area (Å²) >= 11 is 3.53. The Morgan fingerprint density at radius 3 is 2.51 bits per heavy atom. The summed E-state index contributed by atoms with van der Waals surface area (Å²) in [6, 6.07) is 10.5. The molecule has 0 spiro atoms. The fraction of sp³-hybridized carbons (Fsp3) is 0.676. The van der Waals surface area contributed by atoms with Crippen molar-refractivity contribution in [2.75, 3.05) is 27.0 Å². The number of methoxy groups -OCH3 is 1. The second-order valence-corrected chi connectivity index (χ2v) is 17.6. The van der Waals surface area contributed by atoms with Crippen molar-refractivity contribution >= 4 is 26.0 Å². The highest BCUT2D eigenvalue weighted by molar-refractivity contribution is 9.10. The smallest absolute Gasteiger partial charge is 0.221 e. The van der Waals surface area contributed by atoms with Crippen molar-refractivity contribution in [3.63, 3.8) is 0 Å². The van der Waals surface area contributed by atoms with Crippen LogP contribution >= 0.6 is 15.9 Å². The molecule has 2 N–H and O–H groups in total. The molecule has 4 bridgehead atoms. The third-order valence-electron chi connectivity index (χ3n) is 9.57. The Morgan fingerprint density at radius 2 is 1.84 bits per heavy atom. The van der Waals surface area contributed by atoms with Gasteiger partial charge >= 0.3 is 0 Å². The number of ether oxygens (including phenoxy) is 2. The van der Waals surface area contributed by atoms with Crippen molar-refractivity contribution in [3.8, 4) is 0 Å². The van der Waals surface area contributed by atoms with Crippen molar-refractivity contribution in [2.45, 2.75) is 110 Å². The lowest BCUT2D eigenvalue weighted by Crippen LogP contribution is -2.65. The van der Waals surface area contributed by atoms with Crippen LogP contribution in [0.4, 0.5) is 0 Å². The van der Waals surface area contributed by atoms with E-state index < -0.39 is 21.6 Å². The monoisotopic (exact) mass is 705 g/mol. The molecular weight excluding hydrogens is 654 g/mol. The van der Waals surface area contributed by atoms with Crippen LogP contribution in [-0.4, -0.2) is 73.4 Å². The molecule has 2 aliphatic heterocycles. The first-order valence-electron chi connectivity index (χ1n) is 16.4. The van der Waals surface area contributed by atoms with Gasteiger partial charge < -0.3 is 9.47 Å². The van der Waals surface area contributed by atoms with Gasteiger partial charge in [0, 0.05) is 49.4 Å². The van der Waals surface area contributed by atoms with E-state index in [1.54, 1.807) is 7.11 Å². The van der Waals surface area contributed by atoms with E-state index in [2.05, 4.69) is 90.3 Å². The number of pyridine rings is 1. The molecule has 0 amide bonds. The maximum Gasteiger partial charge on any atom is 0.221 e. The van der Waals surface area contributed by atoms with Crippen LogP contribution in [0.2, 0.25) is 0 Å². The first-order valence-corrected chi connectivity index (χ1v) is 18.7. The number of hydrogen-bond acceptors (Lipinski definition) is 8. The lowest BCUT2D eigenvalue weighted by atomic mass is 9.85. The highest BCUT2D eigenvalue weighted by atomic mass is 79.9. The van der Waals surface area contributed by atoms with Crippen LogP contribution in [0.3, 0.4) is 0 Å². The lowest BCUT2D eigenvalue weighted by Gasteiger charge is -2.44. The lowest BCUT2D eigenvalue weighted by molar-refractivity contribution is -0.0691. The van der Waals surface area contributed by atoms with Crippen LogP contribution in [0, 0.1) is 25.2 Å². The Bertz CT molecular complexity index is 1370. The summed E-state index contributed by atoms with van der Waals surface area (Å²) in [5.41, 5.74) is 4.64. The SMILES string of the molecule is COCN1C2NC(CC(c3c(C)cccc3C)N2)OC[C@@H](CC(C)(C)C)N(Cc2ccc(Br)cn2)CC2CCCC(C2)S1(=O)=O. The summed E-state index contributed by atoms with van der Waals surface area (Å²) in [4.78, 5) is 7.25. The Labute approximate surface area is 279 Å².